The molecule has 1 rings (SSSR count). The Morgan fingerprint density at radius 1 is 1.44 bits per heavy atom. The van der Waals surface area contributed by atoms with E-state index in [1.165, 1.54) is 0 Å². The van der Waals surface area contributed by atoms with Gasteiger partial charge in [0.2, 0.25) is 0 Å². The van der Waals surface area contributed by atoms with Gasteiger partial charge in [-0.2, -0.15) is 0 Å². The van der Waals surface area contributed by atoms with Gasteiger partial charge in [-0.05, 0) is 24.7 Å². The van der Waals surface area contributed by atoms with E-state index in [9.17, 15) is 4.79 Å². The van der Waals surface area contributed by atoms with Crippen molar-refractivity contribution in [3.8, 4) is 0 Å². The molecule has 18 heavy (non-hydrogen) atoms. The highest BCUT2D eigenvalue weighted by Crippen LogP contribution is 2.23. The number of hydrogen-bond acceptors (Lipinski definition) is 4. The van der Waals surface area contributed by atoms with Gasteiger partial charge in [-0.1, -0.05) is 20.8 Å². The van der Waals surface area contributed by atoms with E-state index in [1.54, 1.807) is 0 Å². The first kappa shape index (κ1) is 15.4. The summed E-state index contributed by atoms with van der Waals surface area (Å²) in [5.41, 5.74) is 0.0630. The zero-order valence-electron chi connectivity index (χ0n) is 11.5. The van der Waals surface area contributed by atoms with Gasteiger partial charge < -0.3 is 20.3 Å². The largest absolute Gasteiger partial charge is 0.479 e. The number of rotatable bonds is 6. The fourth-order valence-electron chi connectivity index (χ4n) is 2.28. The maximum absolute atomic E-state index is 10.8. The van der Waals surface area contributed by atoms with Gasteiger partial charge >= 0.3 is 5.97 Å². The number of carbonyl (C=O) groups is 1. The average molecular weight is 259 g/mol. The lowest BCUT2D eigenvalue weighted by atomic mass is 9.85. The second-order valence-corrected chi connectivity index (χ2v) is 6.00. The number of aliphatic carboxylic acids is 1. The highest BCUT2D eigenvalue weighted by Gasteiger charge is 2.31. The summed E-state index contributed by atoms with van der Waals surface area (Å²) in [6.45, 7) is 7.16. The monoisotopic (exact) mass is 259 g/mol. The Morgan fingerprint density at radius 2 is 2.11 bits per heavy atom. The molecule has 0 aromatic carbocycles. The van der Waals surface area contributed by atoms with Gasteiger partial charge in [0.15, 0.2) is 6.10 Å². The van der Waals surface area contributed by atoms with Crippen molar-refractivity contribution in [3.05, 3.63) is 0 Å². The molecule has 106 valence electrons. The third-order valence-corrected chi connectivity index (χ3v) is 3.44. The van der Waals surface area contributed by atoms with Crippen molar-refractivity contribution in [1.29, 1.82) is 0 Å². The Labute approximate surface area is 109 Å². The average Bonchev–Trinajstić information content (AvgIpc) is 2.71. The molecule has 0 radical (unpaired) electrons. The van der Waals surface area contributed by atoms with E-state index in [1.807, 2.05) is 0 Å². The van der Waals surface area contributed by atoms with Gasteiger partial charge in [0.1, 0.15) is 0 Å². The summed E-state index contributed by atoms with van der Waals surface area (Å²) in [6.07, 6.45) is 1.37. The van der Waals surface area contributed by atoms with Crippen molar-refractivity contribution in [3.63, 3.8) is 0 Å². The minimum Gasteiger partial charge on any atom is -0.479 e. The molecule has 5 heteroatoms. The highest BCUT2D eigenvalue weighted by atomic mass is 16.5. The Kier molecular flexibility index (Phi) is 5.56. The van der Waals surface area contributed by atoms with Gasteiger partial charge in [-0.15, -0.1) is 0 Å². The van der Waals surface area contributed by atoms with E-state index >= 15 is 0 Å². The number of aliphatic hydroxyl groups is 1. The van der Waals surface area contributed by atoms with Crippen LogP contribution in [0.3, 0.4) is 0 Å². The van der Waals surface area contributed by atoms with E-state index in [4.69, 9.17) is 14.9 Å². The van der Waals surface area contributed by atoms with Crippen LogP contribution >= 0.6 is 0 Å². The first-order chi connectivity index (χ1) is 8.34. The second-order valence-electron chi connectivity index (χ2n) is 6.00. The molecule has 1 aliphatic rings. The molecular weight excluding hydrogens is 234 g/mol. The predicted molar refractivity (Wildman–Crippen MR) is 68.5 cm³/mol. The minimum atomic E-state index is -0.875. The van der Waals surface area contributed by atoms with Crippen LogP contribution in [0.5, 0.6) is 0 Å². The molecule has 0 amide bonds. The first-order valence-electron chi connectivity index (χ1n) is 6.57. The number of nitrogens with one attached hydrogen (secondary N) is 1. The normalized spacial score (nSPS) is 26.2. The Morgan fingerprint density at radius 3 is 2.56 bits per heavy atom. The molecule has 3 unspecified atom stereocenters. The molecule has 5 nitrogen and oxygen atoms in total. The van der Waals surface area contributed by atoms with Crippen molar-refractivity contribution >= 4 is 5.97 Å². The summed E-state index contributed by atoms with van der Waals surface area (Å²) < 4.78 is 5.44. The van der Waals surface area contributed by atoms with Crippen molar-refractivity contribution in [2.24, 2.45) is 5.41 Å². The maximum atomic E-state index is 10.8. The van der Waals surface area contributed by atoms with Crippen LogP contribution in [0.1, 0.15) is 40.0 Å². The quantitative estimate of drug-likeness (QED) is 0.663. The van der Waals surface area contributed by atoms with Crippen LogP contribution in [0.4, 0.5) is 0 Å². The van der Waals surface area contributed by atoms with Crippen molar-refractivity contribution < 1.29 is 19.7 Å². The Hall–Kier alpha value is -0.650. The first-order valence-corrected chi connectivity index (χ1v) is 6.57. The van der Waals surface area contributed by atoms with Crippen LogP contribution < -0.4 is 5.32 Å². The summed E-state index contributed by atoms with van der Waals surface area (Å²) in [7, 11) is 0. The lowest BCUT2D eigenvalue weighted by molar-refractivity contribution is -0.149. The van der Waals surface area contributed by atoms with Gasteiger partial charge in [0.25, 0.3) is 0 Å². The lowest BCUT2D eigenvalue weighted by Gasteiger charge is -2.32. The SMILES string of the molecule is CC(C)(C)C(CCO)NCC1CCC(C(=O)O)O1. The van der Waals surface area contributed by atoms with Crippen molar-refractivity contribution in [2.45, 2.75) is 58.3 Å². The number of carboxylic acids is 1. The fraction of sp³-hybridized carbons (Fsp3) is 0.923. The lowest BCUT2D eigenvalue weighted by Crippen LogP contribution is -2.44. The molecule has 0 aliphatic carbocycles. The Bertz CT molecular complexity index is 275. The fourth-order valence-corrected chi connectivity index (χ4v) is 2.28. The number of hydrogen-bond donors (Lipinski definition) is 3. The van der Waals surface area contributed by atoms with Crippen LogP contribution in [0.2, 0.25) is 0 Å². The number of aliphatic hydroxyl groups excluding tert-OH is 1. The minimum absolute atomic E-state index is 0.0327. The zero-order chi connectivity index (χ0) is 13.8. The Balaban J connectivity index is 2.37. The van der Waals surface area contributed by atoms with Crippen LogP contribution in [0.15, 0.2) is 0 Å². The summed E-state index contributed by atoms with van der Waals surface area (Å²) in [4.78, 5) is 10.8. The third-order valence-electron chi connectivity index (χ3n) is 3.44. The van der Waals surface area contributed by atoms with Crippen LogP contribution in [0, 0.1) is 5.41 Å². The maximum Gasteiger partial charge on any atom is 0.332 e. The molecule has 3 N–H and O–H groups in total. The molecular formula is C13H25NO4. The summed E-state index contributed by atoms with van der Waals surface area (Å²) in [5, 5.41) is 21.3. The van der Waals surface area contributed by atoms with E-state index in [0.29, 0.717) is 19.4 Å². The molecule has 3 atom stereocenters. The van der Waals surface area contributed by atoms with Crippen LogP contribution in [0.25, 0.3) is 0 Å². The standard InChI is InChI=1S/C13H25NO4/c1-13(2,3)11(6-7-15)14-8-9-4-5-10(18-9)12(16)17/h9-11,14-15H,4-8H2,1-3H3,(H,16,17). The van der Waals surface area contributed by atoms with Gasteiger partial charge in [0.05, 0.1) is 6.10 Å². The molecule has 1 heterocycles. The van der Waals surface area contributed by atoms with Gasteiger partial charge in [-0.25, -0.2) is 4.79 Å². The molecule has 0 bridgehead atoms. The molecule has 1 saturated heterocycles. The predicted octanol–water partition coefficient (Wildman–Crippen LogP) is 1.01. The molecule has 0 saturated carbocycles. The van der Waals surface area contributed by atoms with E-state index in [2.05, 4.69) is 26.1 Å². The molecule has 0 aromatic heterocycles. The second kappa shape index (κ2) is 6.50. The zero-order valence-corrected chi connectivity index (χ0v) is 11.5. The molecule has 0 spiro atoms. The van der Waals surface area contributed by atoms with Crippen LogP contribution in [-0.4, -0.2) is 47.6 Å². The van der Waals surface area contributed by atoms with E-state index < -0.39 is 12.1 Å². The third kappa shape index (κ3) is 4.55. The summed E-state index contributed by atoms with van der Waals surface area (Å²) >= 11 is 0. The smallest absolute Gasteiger partial charge is 0.332 e. The number of ether oxygens (including phenoxy) is 1. The van der Waals surface area contributed by atoms with Crippen molar-refractivity contribution in [2.75, 3.05) is 13.2 Å². The summed E-state index contributed by atoms with van der Waals surface area (Å²) in [6, 6.07) is 0.204. The van der Waals surface area contributed by atoms with Crippen LogP contribution in [-0.2, 0) is 9.53 Å². The van der Waals surface area contributed by atoms with E-state index in [-0.39, 0.29) is 24.2 Å². The highest BCUT2D eigenvalue weighted by molar-refractivity contribution is 5.72. The molecule has 1 aliphatic heterocycles. The number of carboxylic acid groups (broad SMARTS) is 1. The summed E-state index contributed by atoms with van der Waals surface area (Å²) in [5.74, 6) is -0.875. The van der Waals surface area contributed by atoms with Crippen molar-refractivity contribution in [1.82, 2.24) is 5.32 Å². The van der Waals surface area contributed by atoms with E-state index in [0.717, 1.165) is 6.42 Å². The molecule has 0 aromatic rings. The molecule has 1 fully saturated rings. The van der Waals surface area contributed by atoms with Gasteiger partial charge in [-0.3, -0.25) is 0 Å². The van der Waals surface area contributed by atoms with Gasteiger partial charge in [0, 0.05) is 19.2 Å². The topological polar surface area (TPSA) is 78.8 Å².